The summed E-state index contributed by atoms with van der Waals surface area (Å²) in [5.41, 5.74) is 1.27. The molecule has 0 spiro atoms. The lowest BCUT2D eigenvalue weighted by Crippen LogP contribution is -2.24. The largest absolute Gasteiger partial charge is 0.383 e. The Kier molecular flexibility index (Phi) is 7.41. The van der Waals surface area contributed by atoms with E-state index < -0.39 is 0 Å². The van der Waals surface area contributed by atoms with Gasteiger partial charge in [0, 0.05) is 29.5 Å². The van der Waals surface area contributed by atoms with Crippen LogP contribution in [0.5, 0.6) is 0 Å². The van der Waals surface area contributed by atoms with Crippen LogP contribution < -0.4 is 5.32 Å². The molecule has 0 bridgehead atoms. The van der Waals surface area contributed by atoms with Gasteiger partial charge in [0.25, 0.3) is 0 Å². The lowest BCUT2D eigenvalue weighted by molar-refractivity contribution is 0.199. The van der Waals surface area contributed by atoms with Gasteiger partial charge in [-0.15, -0.1) is 5.10 Å². The summed E-state index contributed by atoms with van der Waals surface area (Å²) in [5.74, 6) is 0.869. The first-order chi connectivity index (χ1) is 10.3. The highest BCUT2D eigenvalue weighted by Crippen LogP contribution is 2.20. The zero-order chi connectivity index (χ0) is 14.9. The van der Waals surface area contributed by atoms with Crippen LogP contribution in [0.2, 0.25) is 0 Å². The summed E-state index contributed by atoms with van der Waals surface area (Å²) in [6, 6.07) is 8.49. The van der Waals surface area contributed by atoms with Crippen LogP contribution >= 0.6 is 34.4 Å². The van der Waals surface area contributed by atoms with Gasteiger partial charge in [-0.3, -0.25) is 0 Å². The predicted octanol–water partition coefficient (Wildman–Crippen LogP) is 1.81. The van der Waals surface area contributed by atoms with Crippen LogP contribution in [-0.4, -0.2) is 47.0 Å². The Morgan fingerprint density at radius 3 is 2.86 bits per heavy atom. The van der Waals surface area contributed by atoms with Gasteiger partial charge in [-0.2, -0.15) is 0 Å². The van der Waals surface area contributed by atoms with Crippen molar-refractivity contribution in [3.8, 4) is 0 Å². The van der Waals surface area contributed by atoms with Crippen molar-refractivity contribution >= 4 is 34.4 Å². The maximum absolute atomic E-state index is 4.98. The van der Waals surface area contributed by atoms with E-state index in [1.54, 1.807) is 18.9 Å². The quantitative estimate of drug-likeness (QED) is 0.380. The van der Waals surface area contributed by atoms with Gasteiger partial charge in [0.15, 0.2) is 0 Å². The second-order valence-electron chi connectivity index (χ2n) is 4.34. The van der Waals surface area contributed by atoms with E-state index in [0.29, 0.717) is 6.61 Å². The monoisotopic (exact) mass is 419 g/mol. The van der Waals surface area contributed by atoms with Gasteiger partial charge in [0.1, 0.15) is 0 Å². The molecule has 2 rings (SSSR count). The molecule has 21 heavy (non-hydrogen) atoms. The van der Waals surface area contributed by atoms with E-state index in [9.17, 15) is 0 Å². The lowest BCUT2D eigenvalue weighted by Gasteiger charge is -2.06. The Labute approximate surface area is 142 Å². The standard InChI is InChI=1S/C13H18IN5OS/c1-20-9-7-15-6-8-19-13(16-17-18-19)21-10-11-2-4-12(14)5-3-11/h2-5,15H,6-10H2,1H3. The highest BCUT2D eigenvalue weighted by molar-refractivity contribution is 14.1. The highest BCUT2D eigenvalue weighted by atomic mass is 127. The van der Waals surface area contributed by atoms with Crippen molar-refractivity contribution in [3.63, 3.8) is 0 Å². The van der Waals surface area contributed by atoms with Crippen LogP contribution in [0.4, 0.5) is 0 Å². The molecule has 0 atom stereocenters. The van der Waals surface area contributed by atoms with E-state index in [4.69, 9.17) is 4.74 Å². The summed E-state index contributed by atoms with van der Waals surface area (Å²) in [4.78, 5) is 0. The van der Waals surface area contributed by atoms with E-state index in [0.717, 1.165) is 30.5 Å². The van der Waals surface area contributed by atoms with E-state index >= 15 is 0 Å². The minimum Gasteiger partial charge on any atom is -0.383 e. The first-order valence-electron chi connectivity index (χ1n) is 6.62. The van der Waals surface area contributed by atoms with Crippen molar-refractivity contribution in [1.82, 2.24) is 25.5 Å². The molecule has 6 nitrogen and oxygen atoms in total. The number of nitrogens with zero attached hydrogens (tertiary/aromatic N) is 4. The number of ether oxygens (including phenoxy) is 1. The van der Waals surface area contributed by atoms with Gasteiger partial charge in [-0.05, 0) is 50.7 Å². The van der Waals surface area contributed by atoms with Crippen molar-refractivity contribution in [1.29, 1.82) is 0 Å². The lowest BCUT2D eigenvalue weighted by atomic mass is 10.2. The van der Waals surface area contributed by atoms with E-state index in [1.165, 1.54) is 9.13 Å². The molecular weight excluding hydrogens is 401 g/mol. The van der Waals surface area contributed by atoms with Gasteiger partial charge >= 0.3 is 0 Å². The first kappa shape index (κ1) is 16.7. The van der Waals surface area contributed by atoms with Gasteiger partial charge in [-0.25, -0.2) is 4.68 Å². The Hall–Kier alpha value is -0.710. The number of halogens is 1. The van der Waals surface area contributed by atoms with E-state index in [1.807, 2.05) is 4.68 Å². The van der Waals surface area contributed by atoms with Crippen molar-refractivity contribution < 1.29 is 4.74 Å². The first-order valence-corrected chi connectivity index (χ1v) is 8.69. The molecule has 0 radical (unpaired) electrons. The molecule has 0 aliphatic carbocycles. The van der Waals surface area contributed by atoms with Crippen LogP contribution in [0.1, 0.15) is 5.56 Å². The van der Waals surface area contributed by atoms with Crippen molar-refractivity contribution in [2.45, 2.75) is 17.5 Å². The van der Waals surface area contributed by atoms with E-state index in [2.05, 4.69) is 67.7 Å². The molecule has 1 aromatic heterocycles. The third-order valence-corrected chi connectivity index (χ3v) is 4.51. The molecular formula is C13H18IN5OS. The minimum atomic E-state index is 0.712. The van der Waals surface area contributed by atoms with Gasteiger partial charge in [0.05, 0.1) is 13.2 Å². The van der Waals surface area contributed by atoms with Crippen LogP contribution in [0.3, 0.4) is 0 Å². The molecule has 8 heteroatoms. The predicted molar refractivity (Wildman–Crippen MR) is 91.3 cm³/mol. The van der Waals surface area contributed by atoms with Crippen molar-refractivity contribution in [3.05, 3.63) is 33.4 Å². The normalized spacial score (nSPS) is 11.0. The molecule has 0 saturated heterocycles. The Morgan fingerprint density at radius 2 is 2.10 bits per heavy atom. The Morgan fingerprint density at radius 1 is 1.29 bits per heavy atom. The summed E-state index contributed by atoms with van der Waals surface area (Å²) in [5, 5.41) is 16.0. The fourth-order valence-electron chi connectivity index (χ4n) is 1.65. The molecule has 1 N–H and O–H groups in total. The molecule has 0 unspecified atom stereocenters. The molecule has 0 fully saturated rings. The molecule has 1 aromatic carbocycles. The van der Waals surface area contributed by atoms with Crippen LogP contribution in [0, 0.1) is 3.57 Å². The summed E-state index contributed by atoms with van der Waals surface area (Å²) < 4.78 is 8.06. The van der Waals surface area contributed by atoms with Crippen LogP contribution in [-0.2, 0) is 17.0 Å². The molecule has 2 aromatic rings. The van der Waals surface area contributed by atoms with Gasteiger partial charge in [-0.1, -0.05) is 23.9 Å². The third-order valence-electron chi connectivity index (χ3n) is 2.76. The molecule has 114 valence electrons. The second-order valence-corrected chi connectivity index (χ2v) is 6.53. The molecule has 0 amide bonds. The topological polar surface area (TPSA) is 64.9 Å². The fourth-order valence-corrected chi connectivity index (χ4v) is 2.87. The Balaban J connectivity index is 1.78. The number of methoxy groups -OCH3 is 1. The summed E-state index contributed by atoms with van der Waals surface area (Å²) in [6.07, 6.45) is 0. The average Bonchev–Trinajstić information content (AvgIpc) is 2.94. The second kappa shape index (κ2) is 9.34. The van der Waals surface area contributed by atoms with Crippen LogP contribution in [0.25, 0.3) is 0 Å². The SMILES string of the molecule is COCCNCCn1nnnc1SCc1ccc(I)cc1. The summed E-state index contributed by atoms with van der Waals surface area (Å²) in [6.45, 7) is 3.13. The number of thioether (sulfide) groups is 1. The maximum Gasteiger partial charge on any atom is 0.209 e. The zero-order valence-corrected chi connectivity index (χ0v) is 14.8. The fraction of sp³-hybridized carbons (Fsp3) is 0.462. The molecule has 0 saturated carbocycles. The Bertz CT molecular complexity index is 534. The highest BCUT2D eigenvalue weighted by Gasteiger charge is 2.06. The number of hydrogen-bond donors (Lipinski definition) is 1. The summed E-state index contributed by atoms with van der Waals surface area (Å²) in [7, 11) is 1.70. The van der Waals surface area contributed by atoms with Gasteiger partial charge in [0.2, 0.25) is 5.16 Å². The van der Waals surface area contributed by atoms with E-state index in [-0.39, 0.29) is 0 Å². The number of nitrogens with one attached hydrogen (secondary N) is 1. The number of tetrazole rings is 1. The smallest absolute Gasteiger partial charge is 0.209 e. The number of aromatic nitrogens is 4. The maximum atomic E-state index is 4.98. The molecule has 1 heterocycles. The summed E-state index contributed by atoms with van der Waals surface area (Å²) >= 11 is 3.96. The average molecular weight is 419 g/mol. The van der Waals surface area contributed by atoms with Gasteiger partial charge < -0.3 is 10.1 Å². The third kappa shape index (κ3) is 5.89. The number of benzene rings is 1. The van der Waals surface area contributed by atoms with Crippen molar-refractivity contribution in [2.24, 2.45) is 0 Å². The van der Waals surface area contributed by atoms with Crippen molar-refractivity contribution in [2.75, 3.05) is 26.8 Å². The molecule has 0 aliphatic rings. The number of rotatable bonds is 9. The van der Waals surface area contributed by atoms with Crippen LogP contribution in [0.15, 0.2) is 29.4 Å². The minimum absolute atomic E-state index is 0.712. The number of hydrogen-bond acceptors (Lipinski definition) is 6. The molecule has 0 aliphatic heterocycles. The zero-order valence-electron chi connectivity index (χ0n) is 11.8.